The summed E-state index contributed by atoms with van der Waals surface area (Å²) in [7, 11) is 0. The molecule has 4 atom stereocenters. The molecule has 5 N–H and O–H groups in total. The van der Waals surface area contributed by atoms with Crippen LogP contribution in [0.2, 0.25) is 5.02 Å². The van der Waals surface area contributed by atoms with Crippen LogP contribution in [0.4, 0.5) is 10.5 Å². The summed E-state index contributed by atoms with van der Waals surface area (Å²) in [4.78, 5) is 52.3. The molecule has 2 aliphatic heterocycles. The molecule has 0 aromatic heterocycles. The molecule has 2 aromatic rings. The van der Waals surface area contributed by atoms with Crippen molar-refractivity contribution >= 4 is 57.0 Å². The number of imide groups is 1. The van der Waals surface area contributed by atoms with E-state index < -0.39 is 47.2 Å². The number of amides is 4. The molecular weight excluding hydrogens is 540 g/mol. The summed E-state index contributed by atoms with van der Waals surface area (Å²) in [6.45, 7) is 1.93. The van der Waals surface area contributed by atoms with Gasteiger partial charge in [-0.2, -0.15) is 0 Å². The van der Waals surface area contributed by atoms with Crippen molar-refractivity contribution in [1.29, 1.82) is 0 Å². The molecule has 184 valence electrons. The van der Waals surface area contributed by atoms with E-state index in [-0.39, 0.29) is 19.4 Å². The number of benzene rings is 2. The van der Waals surface area contributed by atoms with E-state index in [1.54, 1.807) is 43.3 Å². The smallest absolute Gasteiger partial charge is 0.324 e. The van der Waals surface area contributed by atoms with Gasteiger partial charge in [0, 0.05) is 22.1 Å². The van der Waals surface area contributed by atoms with E-state index in [4.69, 9.17) is 17.3 Å². The Hall–Kier alpha value is -2.95. The Balaban J connectivity index is 1.78. The van der Waals surface area contributed by atoms with Gasteiger partial charge in [-0.05, 0) is 55.2 Å². The Morgan fingerprint density at radius 3 is 2.49 bits per heavy atom. The summed E-state index contributed by atoms with van der Waals surface area (Å²) in [5.41, 5.74) is 5.16. The first-order chi connectivity index (χ1) is 16.6. The van der Waals surface area contributed by atoms with Crippen LogP contribution in [0.1, 0.15) is 30.0 Å². The number of carboxylic acid groups (broad SMARTS) is 1. The maximum atomic E-state index is 13.7. The summed E-state index contributed by atoms with van der Waals surface area (Å²) in [5.74, 6) is -4.43. The number of hydrogen-bond acceptors (Lipinski definition) is 5. The first-order valence-corrected chi connectivity index (χ1v) is 12.2. The number of carbonyl (C=O) groups excluding carboxylic acids is 3. The van der Waals surface area contributed by atoms with Gasteiger partial charge in [-0.25, -0.2) is 9.69 Å². The van der Waals surface area contributed by atoms with Crippen LogP contribution in [0, 0.1) is 18.8 Å². The number of carboxylic acids is 1. The Bertz CT molecular complexity index is 1210. The minimum atomic E-state index is -1.72. The summed E-state index contributed by atoms with van der Waals surface area (Å²) in [5, 5.41) is 16.3. The summed E-state index contributed by atoms with van der Waals surface area (Å²) >= 11 is 9.64. The molecule has 2 fully saturated rings. The Morgan fingerprint density at radius 2 is 1.89 bits per heavy atom. The van der Waals surface area contributed by atoms with Crippen molar-refractivity contribution < 1.29 is 24.3 Å². The molecule has 0 saturated carbocycles. The predicted molar refractivity (Wildman–Crippen MR) is 133 cm³/mol. The van der Waals surface area contributed by atoms with Crippen LogP contribution in [0.15, 0.2) is 46.9 Å². The third-order valence-corrected chi connectivity index (χ3v) is 7.66. The molecule has 35 heavy (non-hydrogen) atoms. The number of nitrogens with two attached hydrogens (primary N) is 1. The molecule has 0 aliphatic carbocycles. The van der Waals surface area contributed by atoms with Crippen LogP contribution in [-0.4, -0.2) is 41.0 Å². The fourth-order valence-corrected chi connectivity index (χ4v) is 5.49. The van der Waals surface area contributed by atoms with Gasteiger partial charge in [0.2, 0.25) is 11.8 Å². The topological polar surface area (TPSA) is 142 Å². The molecule has 2 aliphatic rings. The van der Waals surface area contributed by atoms with Crippen molar-refractivity contribution in [3.8, 4) is 0 Å². The van der Waals surface area contributed by atoms with Crippen molar-refractivity contribution in [2.24, 2.45) is 17.6 Å². The fraction of sp³-hybridized carbons (Fsp3) is 0.333. The number of primary amides is 1. The van der Waals surface area contributed by atoms with E-state index in [1.807, 2.05) is 0 Å². The number of aryl methyl sites for hydroxylation is 1. The van der Waals surface area contributed by atoms with Crippen molar-refractivity contribution in [2.45, 2.75) is 31.3 Å². The molecule has 0 bridgehead atoms. The molecule has 0 radical (unpaired) electrons. The molecule has 2 heterocycles. The first-order valence-electron chi connectivity index (χ1n) is 11.0. The molecule has 2 aromatic carbocycles. The number of anilines is 1. The third kappa shape index (κ3) is 4.41. The number of hydrogen-bond donors (Lipinski definition) is 4. The Labute approximate surface area is 215 Å². The zero-order valence-corrected chi connectivity index (χ0v) is 21.1. The lowest BCUT2D eigenvalue weighted by Crippen LogP contribution is -2.56. The van der Waals surface area contributed by atoms with Gasteiger partial charge in [0.15, 0.2) is 0 Å². The van der Waals surface area contributed by atoms with Crippen LogP contribution in [-0.2, 0) is 14.4 Å². The van der Waals surface area contributed by atoms with E-state index in [9.17, 15) is 24.3 Å². The van der Waals surface area contributed by atoms with Gasteiger partial charge >= 0.3 is 12.0 Å². The van der Waals surface area contributed by atoms with Gasteiger partial charge in [-0.1, -0.05) is 45.7 Å². The van der Waals surface area contributed by atoms with Crippen LogP contribution in [0.3, 0.4) is 0 Å². The van der Waals surface area contributed by atoms with E-state index in [2.05, 4.69) is 26.6 Å². The van der Waals surface area contributed by atoms with E-state index in [0.717, 1.165) is 14.9 Å². The van der Waals surface area contributed by atoms with Crippen molar-refractivity contribution in [3.63, 3.8) is 0 Å². The van der Waals surface area contributed by atoms with E-state index >= 15 is 0 Å². The maximum absolute atomic E-state index is 13.7. The number of fused-ring (bicyclic) bond motifs is 1. The van der Waals surface area contributed by atoms with Gasteiger partial charge in [0.05, 0.1) is 17.5 Å². The predicted octanol–water partition coefficient (Wildman–Crippen LogP) is 3.13. The number of rotatable bonds is 7. The second kappa shape index (κ2) is 9.60. The maximum Gasteiger partial charge on any atom is 0.324 e. The zero-order chi connectivity index (χ0) is 25.5. The standard InChI is InChI=1S/C24H24BrClN4O5/c1-12-3-8-15(11-16(12)26)30-20(31)17-18(21(30)32)24(22(33)34,9-2-10-28-23(27)35)29-19(17)13-4-6-14(25)7-5-13/h3-8,11,17-19,29H,2,9-10H2,1H3,(H,33,34)(H3,27,28,35). The van der Waals surface area contributed by atoms with Gasteiger partial charge < -0.3 is 16.2 Å². The average Bonchev–Trinajstić information content (AvgIpc) is 3.28. The molecule has 9 nitrogen and oxygen atoms in total. The van der Waals surface area contributed by atoms with Crippen LogP contribution >= 0.6 is 27.5 Å². The average molecular weight is 564 g/mol. The SMILES string of the molecule is Cc1ccc(N2C(=O)C3C(c4ccc(Br)cc4)NC(CCCNC(N)=O)(C(=O)O)C3C2=O)cc1Cl. The van der Waals surface area contributed by atoms with Crippen molar-refractivity contribution in [2.75, 3.05) is 11.4 Å². The third-order valence-electron chi connectivity index (χ3n) is 6.73. The number of halogens is 2. The molecule has 4 unspecified atom stereocenters. The lowest BCUT2D eigenvalue weighted by Gasteiger charge is -2.31. The van der Waals surface area contributed by atoms with Crippen molar-refractivity contribution in [1.82, 2.24) is 10.6 Å². The Morgan fingerprint density at radius 1 is 1.20 bits per heavy atom. The number of aliphatic carboxylic acids is 1. The molecule has 4 rings (SSSR count). The normalized spacial score (nSPS) is 25.6. The summed E-state index contributed by atoms with van der Waals surface area (Å²) in [6, 6.07) is 10.6. The van der Waals surface area contributed by atoms with Gasteiger partial charge in [0.25, 0.3) is 0 Å². The van der Waals surface area contributed by atoms with Gasteiger partial charge in [-0.15, -0.1) is 0 Å². The number of carbonyl (C=O) groups is 4. The number of nitrogens with one attached hydrogen (secondary N) is 2. The van der Waals surface area contributed by atoms with E-state index in [1.165, 1.54) is 6.07 Å². The quantitative estimate of drug-likeness (QED) is 0.301. The van der Waals surface area contributed by atoms with Crippen LogP contribution in [0.25, 0.3) is 0 Å². The minimum absolute atomic E-state index is 0.00166. The molecule has 0 spiro atoms. The van der Waals surface area contributed by atoms with Crippen LogP contribution < -0.4 is 21.3 Å². The van der Waals surface area contributed by atoms with E-state index in [0.29, 0.717) is 16.3 Å². The molecule has 11 heteroatoms. The second-order valence-electron chi connectivity index (χ2n) is 8.79. The fourth-order valence-electron chi connectivity index (χ4n) is 5.05. The first kappa shape index (κ1) is 25.2. The molecular formula is C24H24BrClN4O5. The number of nitrogens with zero attached hydrogens (tertiary/aromatic N) is 1. The van der Waals surface area contributed by atoms with Crippen molar-refractivity contribution in [3.05, 3.63) is 63.1 Å². The zero-order valence-electron chi connectivity index (χ0n) is 18.8. The molecule has 2 saturated heterocycles. The monoisotopic (exact) mass is 562 g/mol. The van der Waals surface area contributed by atoms with Gasteiger partial charge in [-0.3, -0.25) is 19.7 Å². The highest BCUT2D eigenvalue weighted by Gasteiger charge is 2.68. The van der Waals surface area contributed by atoms with Gasteiger partial charge in [0.1, 0.15) is 5.54 Å². The molecule has 4 amide bonds. The number of urea groups is 1. The Kier molecular flexibility index (Phi) is 6.90. The lowest BCUT2D eigenvalue weighted by molar-refractivity contribution is -0.149. The largest absolute Gasteiger partial charge is 0.480 e. The summed E-state index contributed by atoms with van der Waals surface area (Å²) in [6.07, 6.45) is 0.231. The van der Waals surface area contributed by atoms with Crippen LogP contribution in [0.5, 0.6) is 0 Å². The summed E-state index contributed by atoms with van der Waals surface area (Å²) < 4.78 is 0.822. The highest BCUT2D eigenvalue weighted by Crippen LogP contribution is 2.51. The lowest BCUT2D eigenvalue weighted by atomic mass is 9.77. The highest BCUT2D eigenvalue weighted by molar-refractivity contribution is 9.10. The minimum Gasteiger partial charge on any atom is -0.480 e. The highest BCUT2D eigenvalue weighted by atomic mass is 79.9. The second-order valence-corrected chi connectivity index (χ2v) is 10.1.